The fourth-order valence-corrected chi connectivity index (χ4v) is 1.08. The van der Waals surface area contributed by atoms with Crippen molar-refractivity contribution in [1.29, 1.82) is 0 Å². The van der Waals surface area contributed by atoms with Crippen molar-refractivity contribution >= 4 is 11.9 Å². The van der Waals surface area contributed by atoms with Gasteiger partial charge in [0.15, 0.2) is 0 Å². The molecule has 0 aromatic heterocycles. The lowest BCUT2D eigenvalue weighted by Gasteiger charge is -2.12. The van der Waals surface area contributed by atoms with Crippen LogP contribution in [0, 0.1) is 11.8 Å². The van der Waals surface area contributed by atoms with E-state index in [9.17, 15) is 9.59 Å². The highest BCUT2D eigenvalue weighted by molar-refractivity contribution is 5.88. The van der Waals surface area contributed by atoms with E-state index >= 15 is 0 Å². The Morgan fingerprint density at radius 1 is 1.29 bits per heavy atom. The first-order valence-corrected chi connectivity index (χ1v) is 4.77. The van der Waals surface area contributed by atoms with Gasteiger partial charge < -0.3 is 10.2 Å². The van der Waals surface area contributed by atoms with Gasteiger partial charge in [-0.05, 0) is 18.8 Å². The predicted molar refractivity (Wildman–Crippen MR) is 51.8 cm³/mol. The van der Waals surface area contributed by atoms with Crippen LogP contribution in [0.2, 0.25) is 0 Å². The molecule has 0 aliphatic heterocycles. The summed E-state index contributed by atoms with van der Waals surface area (Å²) in [5, 5.41) is 17.2. The highest BCUT2D eigenvalue weighted by Crippen LogP contribution is 2.19. The van der Waals surface area contributed by atoms with Crippen molar-refractivity contribution in [3.8, 4) is 0 Å². The molecule has 0 rings (SSSR count). The lowest BCUT2D eigenvalue weighted by Crippen LogP contribution is -2.16. The number of rotatable bonds is 7. The van der Waals surface area contributed by atoms with Crippen LogP contribution in [0.25, 0.3) is 0 Å². The van der Waals surface area contributed by atoms with Crippen LogP contribution in [0.3, 0.4) is 0 Å². The van der Waals surface area contributed by atoms with Crippen LogP contribution in [0.5, 0.6) is 0 Å². The van der Waals surface area contributed by atoms with E-state index in [0.29, 0.717) is 12.3 Å². The minimum atomic E-state index is -1.09. The van der Waals surface area contributed by atoms with E-state index in [2.05, 4.69) is 0 Å². The smallest absolute Gasteiger partial charge is 0.311 e. The van der Waals surface area contributed by atoms with E-state index < -0.39 is 11.9 Å². The van der Waals surface area contributed by atoms with Gasteiger partial charge in [0.1, 0.15) is 0 Å². The SMILES string of the molecule is CCC(C)CC[C](CC(=O)O)C(=O)O. The van der Waals surface area contributed by atoms with Crippen molar-refractivity contribution in [3.05, 3.63) is 5.92 Å². The summed E-state index contributed by atoms with van der Waals surface area (Å²) in [5.41, 5.74) is 0. The van der Waals surface area contributed by atoms with Crippen LogP contribution in [-0.2, 0) is 9.59 Å². The minimum absolute atomic E-state index is 0.0952. The molecule has 4 nitrogen and oxygen atoms in total. The second-order valence-corrected chi connectivity index (χ2v) is 3.53. The zero-order valence-electron chi connectivity index (χ0n) is 8.62. The standard InChI is InChI=1S/C10H17O4/c1-3-7(2)4-5-8(10(13)14)6-9(11)12/h7H,3-6H2,1-2H3,(H,11,12)(H,13,14). The maximum Gasteiger partial charge on any atom is 0.311 e. The Hall–Kier alpha value is -1.06. The van der Waals surface area contributed by atoms with Gasteiger partial charge in [0.2, 0.25) is 0 Å². The molecule has 4 heteroatoms. The van der Waals surface area contributed by atoms with Gasteiger partial charge in [-0.1, -0.05) is 20.3 Å². The van der Waals surface area contributed by atoms with Crippen molar-refractivity contribution in [3.63, 3.8) is 0 Å². The van der Waals surface area contributed by atoms with Crippen LogP contribution in [0.15, 0.2) is 0 Å². The molecule has 0 aromatic carbocycles. The topological polar surface area (TPSA) is 74.6 Å². The fraction of sp³-hybridized carbons (Fsp3) is 0.700. The number of aliphatic carboxylic acids is 2. The Morgan fingerprint density at radius 3 is 2.21 bits per heavy atom. The second-order valence-electron chi connectivity index (χ2n) is 3.53. The maximum atomic E-state index is 10.6. The third kappa shape index (κ3) is 5.56. The van der Waals surface area contributed by atoms with Crippen molar-refractivity contribution in [2.75, 3.05) is 0 Å². The average molecular weight is 201 g/mol. The van der Waals surface area contributed by atoms with E-state index in [-0.39, 0.29) is 12.3 Å². The Labute approximate surface area is 83.9 Å². The molecule has 0 saturated carbocycles. The van der Waals surface area contributed by atoms with Crippen molar-refractivity contribution < 1.29 is 19.8 Å². The Balaban J connectivity index is 3.97. The van der Waals surface area contributed by atoms with Gasteiger partial charge in [-0.2, -0.15) is 0 Å². The number of hydrogen-bond donors (Lipinski definition) is 2. The number of carboxylic acid groups (broad SMARTS) is 2. The van der Waals surface area contributed by atoms with Gasteiger partial charge in [0.05, 0.1) is 12.3 Å². The highest BCUT2D eigenvalue weighted by atomic mass is 16.4. The molecule has 1 unspecified atom stereocenters. The van der Waals surface area contributed by atoms with Gasteiger partial charge >= 0.3 is 11.9 Å². The molecule has 0 heterocycles. The molecule has 0 saturated heterocycles. The van der Waals surface area contributed by atoms with E-state index in [1.165, 1.54) is 0 Å². The predicted octanol–water partition coefficient (Wildman–Crippen LogP) is 1.95. The molecule has 0 aliphatic carbocycles. The Morgan fingerprint density at radius 2 is 1.86 bits per heavy atom. The second kappa shape index (κ2) is 6.40. The van der Waals surface area contributed by atoms with Gasteiger partial charge in [0.25, 0.3) is 0 Å². The molecular weight excluding hydrogens is 184 g/mol. The van der Waals surface area contributed by atoms with Gasteiger partial charge in [-0.25, -0.2) is 0 Å². The van der Waals surface area contributed by atoms with Crippen molar-refractivity contribution in [2.45, 2.75) is 39.5 Å². The van der Waals surface area contributed by atoms with Crippen LogP contribution in [-0.4, -0.2) is 22.2 Å². The molecule has 81 valence electrons. The lowest BCUT2D eigenvalue weighted by molar-refractivity contribution is -0.141. The molecule has 2 N–H and O–H groups in total. The fourth-order valence-electron chi connectivity index (χ4n) is 1.08. The monoisotopic (exact) mass is 201 g/mol. The molecule has 14 heavy (non-hydrogen) atoms. The summed E-state index contributed by atoms with van der Waals surface area (Å²) in [6.45, 7) is 4.06. The van der Waals surface area contributed by atoms with Gasteiger partial charge in [-0.3, -0.25) is 9.59 Å². The van der Waals surface area contributed by atoms with Crippen molar-refractivity contribution in [1.82, 2.24) is 0 Å². The van der Waals surface area contributed by atoms with Gasteiger partial charge in [-0.15, -0.1) is 0 Å². The van der Waals surface area contributed by atoms with E-state index in [0.717, 1.165) is 12.8 Å². The molecule has 1 atom stereocenters. The molecule has 0 bridgehead atoms. The first kappa shape index (κ1) is 12.9. The summed E-state index contributed by atoms with van der Waals surface area (Å²) in [5.74, 6) is -1.63. The maximum absolute atomic E-state index is 10.6. The highest BCUT2D eigenvalue weighted by Gasteiger charge is 2.22. The lowest BCUT2D eigenvalue weighted by atomic mass is 9.93. The zero-order chi connectivity index (χ0) is 11.1. The average Bonchev–Trinajstić information content (AvgIpc) is 2.10. The van der Waals surface area contributed by atoms with Gasteiger partial charge in [0, 0.05) is 0 Å². The largest absolute Gasteiger partial charge is 0.481 e. The van der Waals surface area contributed by atoms with Crippen LogP contribution in [0.1, 0.15) is 39.5 Å². The number of carbonyl (C=O) groups is 2. The Kier molecular flexibility index (Phi) is 5.92. The normalized spacial score (nSPS) is 12.8. The first-order chi connectivity index (χ1) is 6.47. The molecule has 0 amide bonds. The summed E-state index contributed by atoms with van der Waals surface area (Å²) in [4.78, 5) is 21.0. The van der Waals surface area contributed by atoms with Crippen molar-refractivity contribution in [2.24, 2.45) is 5.92 Å². The van der Waals surface area contributed by atoms with E-state index in [4.69, 9.17) is 10.2 Å². The summed E-state index contributed by atoms with van der Waals surface area (Å²) in [6, 6.07) is 0. The molecule has 0 aliphatic rings. The minimum Gasteiger partial charge on any atom is -0.481 e. The summed E-state index contributed by atoms with van der Waals surface area (Å²) < 4.78 is 0. The quantitative estimate of drug-likeness (QED) is 0.660. The molecular formula is C10H17O4. The molecule has 1 radical (unpaired) electrons. The van der Waals surface area contributed by atoms with E-state index in [1.807, 2.05) is 13.8 Å². The zero-order valence-corrected chi connectivity index (χ0v) is 8.62. The Bertz CT molecular complexity index is 200. The number of carboxylic acids is 2. The number of hydrogen-bond acceptors (Lipinski definition) is 2. The summed E-state index contributed by atoms with van der Waals surface area (Å²) in [6.07, 6.45) is 1.74. The van der Waals surface area contributed by atoms with Crippen LogP contribution in [0.4, 0.5) is 0 Å². The van der Waals surface area contributed by atoms with Crippen LogP contribution >= 0.6 is 0 Å². The van der Waals surface area contributed by atoms with E-state index in [1.54, 1.807) is 0 Å². The summed E-state index contributed by atoms with van der Waals surface area (Å²) in [7, 11) is 0. The molecule has 0 spiro atoms. The molecule has 0 aromatic rings. The molecule has 0 fully saturated rings. The summed E-state index contributed by atoms with van der Waals surface area (Å²) >= 11 is 0. The van der Waals surface area contributed by atoms with Crippen LogP contribution < -0.4 is 0 Å². The first-order valence-electron chi connectivity index (χ1n) is 4.77. The third-order valence-corrected chi connectivity index (χ3v) is 2.30. The third-order valence-electron chi connectivity index (χ3n) is 2.30.